The molecule has 5 aliphatic rings. The molecule has 0 aromatic heterocycles. The van der Waals surface area contributed by atoms with E-state index in [2.05, 4.69) is 32.3 Å². The maximum Gasteiger partial charge on any atom is 0.191 e. The molecule has 5 rings (SSSR count). The summed E-state index contributed by atoms with van der Waals surface area (Å²) in [6.07, 6.45) is 4.08. The third-order valence-electron chi connectivity index (χ3n) is 5.82. The first-order valence-electron chi connectivity index (χ1n) is 9.57. The van der Waals surface area contributed by atoms with Crippen LogP contribution in [0.25, 0.3) is 0 Å². The average molecular weight is 320 g/mol. The van der Waals surface area contributed by atoms with Crippen LogP contribution in [0.5, 0.6) is 0 Å². The Hall–Kier alpha value is -0.850. The van der Waals surface area contributed by atoms with Crippen LogP contribution in [-0.2, 0) is 0 Å². The number of hydrogen-bond acceptors (Lipinski definition) is 4. The quantitative estimate of drug-likeness (QED) is 0.542. The third-order valence-corrected chi connectivity index (χ3v) is 5.82. The highest BCUT2D eigenvalue weighted by Gasteiger charge is 2.35. The second-order valence-corrected chi connectivity index (χ2v) is 7.57. The summed E-state index contributed by atoms with van der Waals surface area (Å²) in [6.45, 7) is 12.6. The molecule has 23 heavy (non-hydrogen) atoms. The minimum atomic E-state index is 0.570. The van der Waals surface area contributed by atoms with E-state index in [1.54, 1.807) is 0 Å². The Bertz CT molecular complexity index is 427. The summed E-state index contributed by atoms with van der Waals surface area (Å²) in [5, 5.41) is 7.12. The molecule has 0 spiro atoms. The van der Waals surface area contributed by atoms with Gasteiger partial charge in [-0.05, 0) is 26.2 Å². The predicted octanol–water partition coefficient (Wildman–Crippen LogP) is -0.222. The molecule has 6 nitrogen and oxygen atoms in total. The summed E-state index contributed by atoms with van der Waals surface area (Å²) in [5.41, 5.74) is 0. The number of nitrogens with one attached hydrogen (secondary N) is 2. The Labute approximate surface area is 140 Å². The molecule has 5 fully saturated rings. The van der Waals surface area contributed by atoms with Crippen LogP contribution in [-0.4, -0.2) is 97.7 Å². The molecule has 2 unspecified atom stereocenters. The lowest BCUT2D eigenvalue weighted by Crippen LogP contribution is -2.62. The van der Waals surface area contributed by atoms with Crippen LogP contribution in [0.2, 0.25) is 0 Å². The Morgan fingerprint density at radius 2 is 1.83 bits per heavy atom. The van der Waals surface area contributed by atoms with Crippen molar-refractivity contribution >= 4 is 5.96 Å². The van der Waals surface area contributed by atoms with Crippen molar-refractivity contribution in [1.29, 1.82) is 0 Å². The standard InChI is InChI=1S/C17H32N6/c1-2-18-17(20-14-5-6-23(12-14)15-3-4-15)19-11-16-13-21-7-9-22(16)10-8-21/h14-16H,2-13H2,1H3,(H2,18,19,20). The van der Waals surface area contributed by atoms with Crippen molar-refractivity contribution in [2.24, 2.45) is 4.99 Å². The number of nitrogens with zero attached hydrogens (tertiary/aromatic N) is 4. The van der Waals surface area contributed by atoms with E-state index in [0.29, 0.717) is 12.1 Å². The zero-order valence-corrected chi connectivity index (χ0v) is 14.5. The van der Waals surface area contributed by atoms with Crippen molar-refractivity contribution in [2.45, 2.75) is 44.3 Å². The van der Waals surface area contributed by atoms with Crippen LogP contribution >= 0.6 is 0 Å². The van der Waals surface area contributed by atoms with Gasteiger partial charge in [-0.25, -0.2) is 0 Å². The van der Waals surface area contributed by atoms with Crippen molar-refractivity contribution in [3.05, 3.63) is 0 Å². The van der Waals surface area contributed by atoms with Crippen molar-refractivity contribution < 1.29 is 0 Å². The molecule has 1 saturated carbocycles. The first-order chi connectivity index (χ1) is 11.3. The van der Waals surface area contributed by atoms with Gasteiger partial charge in [0.15, 0.2) is 5.96 Å². The molecule has 2 atom stereocenters. The van der Waals surface area contributed by atoms with Crippen LogP contribution in [0.4, 0.5) is 0 Å². The van der Waals surface area contributed by atoms with Gasteiger partial charge in [0, 0.05) is 70.5 Å². The Morgan fingerprint density at radius 3 is 2.48 bits per heavy atom. The molecule has 4 saturated heterocycles. The molecular weight excluding hydrogens is 288 g/mol. The topological polar surface area (TPSA) is 46.1 Å². The largest absolute Gasteiger partial charge is 0.357 e. The van der Waals surface area contributed by atoms with Crippen LogP contribution in [0, 0.1) is 0 Å². The van der Waals surface area contributed by atoms with Gasteiger partial charge in [-0.2, -0.15) is 0 Å². The van der Waals surface area contributed by atoms with Crippen LogP contribution in [0.15, 0.2) is 4.99 Å². The molecule has 4 heterocycles. The second kappa shape index (κ2) is 6.95. The fourth-order valence-electron chi connectivity index (χ4n) is 4.28. The van der Waals surface area contributed by atoms with Crippen molar-refractivity contribution in [2.75, 3.05) is 58.9 Å². The van der Waals surface area contributed by atoms with Gasteiger partial charge >= 0.3 is 0 Å². The maximum absolute atomic E-state index is 4.91. The first-order valence-corrected chi connectivity index (χ1v) is 9.57. The molecule has 6 heteroatoms. The smallest absolute Gasteiger partial charge is 0.191 e. The van der Waals surface area contributed by atoms with E-state index in [9.17, 15) is 0 Å². The van der Waals surface area contributed by atoms with Crippen LogP contribution < -0.4 is 10.6 Å². The molecule has 4 aliphatic heterocycles. The highest BCUT2D eigenvalue weighted by Crippen LogP contribution is 2.29. The van der Waals surface area contributed by atoms with Crippen molar-refractivity contribution in [3.63, 3.8) is 0 Å². The summed E-state index contributed by atoms with van der Waals surface area (Å²) in [6, 6.07) is 2.07. The second-order valence-electron chi connectivity index (χ2n) is 7.57. The summed E-state index contributed by atoms with van der Waals surface area (Å²) < 4.78 is 0. The van der Waals surface area contributed by atoms with Gasteiger partial charge in [-0.3, -0.25) is 19.7 Å². The highest BCUT2D eigenvalue weighted by molar-refractivity contribution is 5.80. The number of rotatable bonds is 5. The number of piperazine rings is 3. The van der Waals surface area contributed by atoms with Crippen molar-refractivity contribution in [3.8, 4) is 0 Å². The van der Waals surface area contributed by atoms with Gasteiger partial charge in [0.2, 0.25) is 0 Å². The van der Waals surface area contributed by atoms with Gasteiger partial charge < -0.3 is 10.6 Å². The summed E-state index contributed by atoms with van der Waals surface area (Å²) in [5.74, 6) is 1.02. The Balaban J connectivity index is 1.30. The van der Waals surface area contributed by atoms with E-state index in [-0.39, 0.29) is 0 Å². The minimum Gasteiger partial charge on any atom is -0.357 e. The lowest BCUT2D eigenvalue weighted by Gasteiger charge is -2.47. The molecule has 1 aliphatic carbocycles. The number of hydrogen-bond donors (Lipinski definition) is 2. The number of guanidine groups is 1. The average Bonchev–Trinajstić information content (AvgIpc) is 3.34. The summed E-state index contributed by atoms with van der Waals surface area (Å²) >= 11 is 0. The van der Waals surface area contributed by atoms with E-state index in [1.807, 2.05) is 0 Å². The molecule has 0 radical (unpaired) electrons. The van der Waals surface area contributed by atoms with E-state index in [4.69, 9.17) is 4.99 Å². The van der Waals surface area contributed by atoms with Gasteiger partial charge in [0.25, 0.3) is 0 Å². The van der Waals surface area contributed by atoms with Gasteiger partial charge in [-0.15, -0.1) is 0 Å². The monoisotopic (exact) mass is 320 g/mol. The summed E-state index contributed by atoms with van der Waals surface area (Å²) in [7, 11) is 0. The van der Waals surface area contributed by atoms with E-state index in [1.165, 1.54) is 65.1 Å². The van der Waals surface area contributed by atoms with Crippen LogP contribution in [0.1, 0.15) is 26.2 Å². The fourth-order valence-corrected chi connectivity index (χ4v) is 4.28. The van der Waals surface area contributed by atoms with Gasteiger partial charge in [-0.1, -0.05) is 0 Å². The van der Waals surface area contributed by atoms with Crippen molar-refractivity contribution in [1.82, 2.24) is 25.3 Å². The normalized spacial score (nSPS) is 38.0. The van der Waals surface area contributed by atoms with Gasteiger partial charge in [0.05, 0.1) is 6.54 Å². The van der Waals surface area contributed by atoms with E-state index < -0.39 is 0 Å². The van der Waals surface area contributed by atoms with Gasteiger partial charge in [0.1, 0.15) is 0 Å². The number of fused-ring (bicyclic) bond motifs is 3. The number of aliphatic imine (C=N–C) groups is 1. The summed E-state index contributed by atoms with van der Waals surface area (Å²) in [4.78, 5) is 12.8. The molecule has 0 aromatic carbocycles. The lowest BCUT2D eigenvalue weighted by molar-refractivity contribution is 0.0174. The molecule has 0 aromatic rings. The molecule has 2 bridgehead atoms. The molecule has 0 amide bonds. The highest BCUT2D eigenvalue weighted by atomic mass is 15.4. The maximum atomic E-state index is 4.91. The van der Waals surface area contributed by atoms with E-state index >= 15 is 0 Å². The lowest BCUT2D eigenvalue weighted by atomic mass is 10.1. The Kier molecular flexibility index (Phi) is 4.73. The van der Waals surface area contributed by atoms with Crippen LogP contribution in [0.3, 0.4) is 0 Å². The molecule has 2 N–H and O–H groups in total. The number of likely N-dealkylation sites (tertiary alicyclic amines) is 1. The third kappa shape index (κ3) is 3.80. The SMILES string of the molecule is CCNC(=NCC1CN2CCN1CC2)NC1CCN(C2CC2)C1. The zero-order valence-electron chi connectivity index (χ0n) is 14.5. The first kappa shape index (κ1) is 15.7. The molecule has 130 valence electrons. The Morgan fingerprint density at radius 1 is 1.00 bits per heavy atom. The predicted molar refractivity (Wildman–Crippen MR) is 93.9 cm³/mol. The van der Waals surface area contributed by atoms with E-state index in [0.717, 1.165) is 25.1 Å². The zero-order chi connectivity index (χ0) is 15.6. The molecular formula is C17H32N6. The minimum absolute atomic E-state index is 0.570. The fraction of sp³-hybridized carbons (Fsp3) is 0.941.